The van der Waals surface area contributed by atoms with E-state index in [-0.39, 0.29) is 31.2 Å². The maximum absolute atomic E-state index is 12.2. The Morgan fingerprint density at radius 3 is 2.70 bits per heavy atom. The van der Waals surface area contributed by atoms with Crippen LogP contribution in [0, 0.1) is 0 Å². The first-order chi connectivity index (χ1) is 14.3. The van der Waals surface area contributed by atoms with Crippen LogP contribution < -0.4 is 10.1 Å². The molecule has 0 aliphatic carbocycles. The van der Waals surface area contributed by atoms with E-state index < -0.39 is 12.8 Å². The fourth-order valence-corrected chi connectivity index (χ4v) is 2.50. The third kappa shape index (κ3) is 6.73. The number of rotatable bonds is 8. The van der Waals surface area contributed by atoms with Crippen molar-refractivity contribution < 1.29 is 27.2 Å². The molecule has 2 heterocycles. The second-order valence-electron chi connectivity index (χ2n) is 6.20. The van der Waals surface area contributed by atoms with Gasteiger partial charge in [0, 0.05) is 42.2 Å². The Hall–Kier alpha value is -3.14. The summed E-state index contributed by atoms with van der Waals surface area (Å²) in [6.45, 7) is -1.32. The highest BCUT2D eigenvalue weighted by Gasteiger charge is 2.28. The summed E-state index contributed by atoms with van der Waals surface area (Å²) in [7, 11) is 0. The Kier molecular flexibility index (Phi) is 6.88. The second kappa shape index (κ2) is 9.57. The van der Waals surface area contributed by atoms with Gasteiger partial charge in [-0.25, -0.2) is 4.98 Å². The molecule has 0 atom stereocenters. The van der Waals surface area contributed by atoms with Crippen LogP contribution in [0.15, 0.2) is 47.1 Å². The number of ether oxygens (including phenoxy) is 1. The predicted molar refractivity (Wildman–Crippen MR) is 101 cm³/mol. The molecule has 0 saturated heterocycles. The average molecular weight is 441 g/mol. The van der Waals surface area contributed by atoms with Crippen LogP contribution in [0.1, 0.15) is 17.9 Å². The quantitative estimate of drug-likeness (QED) is 0.570. The summed E-state index contributed by atoms with van der Waals surface area (Å²) in [5.41, 5.74) is 1.29. The van der Waals surface area contributed by atoms with Crippen LogP contribution in [0.5, 0.6) is 5.88 Å². The number of alkyl halides is 3. The number of halogens is 4. The van der Waals surface area contributed by atoms with E-state index in [4.69, 9.17) is 16.1 Å². The first kappa shape index (κ1) is 21.6. The highest BCUT2D eigenvalue weighted by atomic mass is 35.5. The van der Waals surface area contributed by atoms with Gasteiger partial charge in [0.05, 0.1) is 0 Å². The standard InChI is InChI=1S/C19H16ClF3N4O3/c20-14-3-1-13(2-4-14)18-26-16(30-27-18)6-5-15(28)25-10-12-7-8-24-17(9-12)29-11-19(21,22)23/h1-4,7-9H,5-6,10-11H2,(H,25,28). The van der Waals surface area contributed by atoms with Gasteiger partial charge in [0.2, 0.25) is 23.5 Å². The van der Waals surface area contributed by atoms with Crippen molar-refractivity contribution in [2.75, 3.05) is 6.61 Å². The van der Waals surface area contributed by atoms with Gasteiger partial charge in [0.25, 0.3) is 0 Å². The zero-order valence-corrected chi connectivity index (χ0v) is 16.2. The highest BCUT2D eigenvalue weighted by Crippen LogP contribution is 2.19. The van der Waals surface area contributed by atoms with Gasteiger partial charge in [-0.2, -0.15) is 18.2 Å². The second-order valence-corrected chi connectivity index (χ2v) is 6.64. The largest absolute Gasteiger partial charge is 0.468 e. The van der Waals surface area contributed by atoms with E-state index in [0.717, 1.165) is 5.56 Å². The van der Waals surface area contributed by atoms with E-state index in [0.29, 0.717) is 22.3 Å². The summed E-state index contributed by atoms with van der Waals surface area (Å²) in [5, 5.41) is 7.12. The number of nitrogens with one attached hydrogen (secondary N) is 1. The number of amides is 1. The maximum Gasteiger partial charge on any atom is 0.422 e. The first-order valence-corrected chi connectivity index (χ1v) is 9.16. The number of hydrogen-bond donors (Lipinski definition) is 1. The van der Waals surface area contributed by atoms with E-state index in [1.807, 2.05) is 0 Å². The van der Waals surface area contributed by atoms with Crippen molar-refractivity contribution in [2.24, 2.45) is 0 Å². The van der Waals surface area contributed by atoms with Crippen LogP contribution in [0.25, 0.3) is 11.4 Å². The molecule has 3 aromatic rings. The number of carbonyl (C=O) groups is 1. The first-order valence-electron chi connectivity index (χ1n) is 8.78. The Balaban J connectivity index is 1.46. The molecule has 0 fully saturated rings. The van der Waals surface area contributed by atoms with Crippen molar-refractivity contribution in [2.45, 2.75) is 25.6 Å². The molecule has 0 spiro atoms. The number of benzene rings is 1. The minimum absolute atomic E-state index is 0.102. The van der Waals surface area contributed by atoms with Crippen molar-refractivity contribution in [1.82, 2.24) is 20.4 Å². The van der Waals surface area contributed by atoms with Crippen molar-refractivity contribution in [3.63, 3.8) is 0 Å². The average Bonchev–Trinajstić information content (AvgIpc) is 3.19. The molecule has 30 heavy (non-hydrogen) atoms. The Labute approximate surface area is 174 Å². The van der Waals surface area contributed by atoms with E-state index in [1.54, 1.807) is 30.3 Å². The molecule has 0 radical (unpaired) electrons. The van der Waals surface area contributed by atoms with Gasteiger partial charge in [-0.15, -0.1) is 0 Å². The SMILES string of the molecule is O=C(CCc1nc(-c2ccc(Cl)cc2)no1)NCc1ccnc(OCC(F)(F)F)c1. The third-order valence-electron chi connectivity index (χ3n) is 3.81. The fraction of sp³-hybridized carbons (Fsp3) is 0.263. The van der Waals surface area contributed by atoms with Gasteiger partial charge in [-0.1, -0.05) is 16.8 Å². The van der Waals surface area contributed by atoms with Crippen LogP contribution in [-0.2, 0) is 17.8 Å². The van der Waals surface area contributed by atoms with Crippen LogP contribution >= 0.6 is 11.6 Å². The summed E-state index contributed by atoms with van der Waals surface area (Å²) in [6, 6.07) is 9.83. The zero-order chi connectivity index (χ0) is 21.6. The van der Waals surface area contributed by atoms with E-state index in [2.05, 4.69) is 25.2 Å². The number of carbonyl (C=O) groups excluding carboxylic acids is 1. The van der Waals surface area contributed by atoms with E-state index in [1.165, 1.54) is 12.3 Å². The van der Waals surface area contributed by atoms with Crippen molar-refractivity contribution in [3.8, 4) is 17.3 Å². The molecule has 1 amide bonds. The summed E-state index contributed by atoms with van der Waals surface area (Å²) < 4.78 is 46.3. The molecule has 0 aliphatic rings. The zero-order valence-electron chi connectivity index (χ0n) is 15.4. The van der Waals surface area contributed by atoms with Crippen molar-refractivity contribution in [1.29, 1.82) is 0 Å². The molecule has 1 aromatic carbocycles. The Morgan fingerprint density at radius 2 is 1.97 bits per heavy atom. The molecule has 1 N–H and O–H groups in total. The highest BCUT2D eigenvalue weighted by molar-refractivity contribution is 6.30. The lowest BCUT2D eigenvalue weighted by atomic mass is 10.2. The molecule has 7 nitrogen and oxygen atoms in total. The number of pyridine rings is 1. The third-order valence-corrected chi connectivity index (χ3v) is 4.06. The van der Waals surface area contributed by atoms with Gasteiger partial charge in [0.15, 0.2) is 6.61 Å². The molecular weight excluding hydrogens is 425 g/mol. The minimum Gasteiger partial charge on any atom is -0.468 e. The molecular formula is C19H16ClF3N4O3. The smallest absolute Gasteiger partial charge is 0.422 e. The lowest BCUT2D eigenvalue weighted by molar-refractivity contribution is -0.154. The van der Waals surface area contributed by atoms with Gasteiger partial charge < -0.3 is 14.6 Å². The van der Waals surface area contributed by atoms with Gasteiger partial charge in [-0.3, -0.25) is 4.79 Å². The van der Waals surface area contributed by atoms with E-state index in [9.17, 15) is 18.0 Å². The molecule has 0 saturated carbocycles. The van der Waals surface area contributed by atoms with Crippen LogP contribution in [-0.4, -0.2) is 33.8 Å². The normalized spacial score (nSPS) is 11.3. The predicted octanol–water partition coefficient (Wildman–Crippen LogP) is 3.98. The fourth-order valence-electron chi connectivity index (χ4n) is 2.38. The minimum atomic E-state index is -4.45. The molecule has 158 valence electrons. The maximum atomic E-state index is 12.2. The summed E-state index contributed by atoms with van der Waals surface area (Å²) >= 11 is 5.84. The number of aromatic nitrogens is 3. The number of nitrogens with zero attached hydrogens (tertiary/aromatic N) is 3. The number of hydrogen-bond acceptors (Lipinski definition) is 6. The van der Waals surface area contributed by atoms with Crippen molar-refractivity contribution >= 4 is 17.5 Å². The Morgan fingerprint density at radius 1 is 1.20 bits per heavy atom. The lowest BCUT2D eigenvalue weighted by Gasteiger charge is -2.09. The van der Waals surface area contributed by atoms with Gasteiger partial charge >= 0.3 is 6.18 Å². The Bertz CT molecular complexity index is 993. The van der Waals surface area contributed by atoms with Crippen LogP contribution in [0.3, 0.4) is 0 Å². The lowest BCUT2D eigenvalue weighted by Crippen LogP contribution is -2.23. The van der Waals surface area contributed by atoms with Crippen LogP contribution in [0.4, 0.5) is 13.2 Å². The molecule has 0 aliphatic heterocycles. The summed E-state index contributed by atoms with van der Waals surface area (Å²) in [4.78, 5) is 20.0. The number of aryl methyl sites for hydroxylation is 1. The molecule has 11 heteroatoms. The monoisotopic (exact) mass is 440 g/mol. The molecule has 0 bridgehead atoms. The van der Waals surface area contributed by atoms with E-state index >= 15 is 0 Å². The van der Waals surface area contributed by atoms with Crippen LogP contribution in [0.2, 0.25) is 5.02 Å². The molecule has 2 aromatic heterocycles. The van der Waals surface area contributed by atoms with Gasteiger partial charge in [-0.05, 0) is 35.9 Å². The molecule has 3 rings (SSSR count). The van der Waals surface area contributed by atoms with Gasteiger partial charge in [0.1, 0.15) is 0 Å². The topological polar surface area (TPSA) is 90.1 Å². The summed E-state index contributed by atoms with van der Waals surface area (Å²) in [6.07, 6.45) is -2.80. The summed E-state index contributed by atoms with van der Waals surface area (Å²) in [5.74, 6) is 0.252. The molecule has 0 unspecified atom stereocenters. The van der Waals surface area contributed by atoms with Crippen molar-refractivity contribution in [3.05, 3.63) is 59.1 Å².